The highest BCUT2D eigenvalue weighted by Crippen LogP contribution is 2.33. The van der Waals surface area contributed by atoms with Crippen molar-refractivity contribution in [3.05, 3.63) is 47.8 Å². The minimum Gasteiger partial charge on any atom is -0.454 e. The monoisotopic (exact) mass is 382 g/mol. The lowest BCUT2D eigenvalue weighted by Gasteiger charge is -2.36. The first-order chi connectivity index (χ1) is 13.7. The van der Waals surface area contributed by atoms with E-state index in [4.69, 9.17) is 9.47 Å². The van der Waals surface area contributed by atoms with Crippen molar-refractivity contribution in [3.63, 3.8) is 0 Å². The van der Waals surface area contributed by atoms with Crippen LogP contribution in [-0.4, -0.2) is 55.3 Å². The van der Waals surface area contributed by atoms with Gasteiger partial charge in [-0.1, -0.05) is 13.0 Å². The molecule has 7 nitrogen and oxygen atoms in total. The Morgan fingerprint density at radius 2 is 1.93 bits per heavy atom. The third-order valence-corrected chi connectivity index (χ3v) is 5.09. The molecule has 0 radical (unpaired) electrons. The fourth-order valence-corrected chi connectivity index (χ4v) is 3.53. The normalized spacial score (nSPS) is 16.2. The van der Waals surface area contributed by atoms with Crippen molar-refractivity contribution in [2.45, 2.75) is 19.9 Å². The smallest absolute Gasteiger partial charge is 0.269 e. The van der Waals surface area contributed by atoms with E-state index in [2.05, 4.69) is 32.2 Å². The van der Waals surface area contributed by atoms with Crippen molar-refractivity contribution in [2.24, 2.45) is 0 Å². The van der Waals surface area contributed by atoms with Gasteiger partial charge in [-0.3, -0.25) is 14.7 Å². The standard InChI is InChI=1S/C21H26N4O3/c1-2-6-23-21(26)18-13-17(5-7-22-18)25-10-8-24(9-11-25)14-16-3-4-19-20(12-16)28-15-27-19/h3-5,7,12-13H,2,6,8-11,14-15H2,1H3,(H,23,26). The van der Waals surface area contributed by atoms with E-state index in [1.807, 2.05) is 25.1 Å². The van der Waals surface area contributed by atoms with Gasteiger partial charge in [-0.05, 0) is 36.2 Å². The molecule has 1 aromatic carbocycles. The number of nitrogens with zero attached hydrogens (tertiary/aromatic N) is 3. The van der Waals surface area contributed by atoms with Gasteiger partial charge >= 0.3 is 0 Å². The lowest BCUT2D eigenvalue weighted by Crippen LogP contribution is -2.46. The van der Waals surface area contributed by atoms with Crippen LogP contribution in [0.2, 0.25) is 0 Å². The number of carbonyl (C=O) groups is 1. The number of rotatable bonds is 6. The van der Waals surface area contributed by atoms with E-state index in [1.54, 1.807) is 6.20 Å². The average molecular weight is 382 g/mol. The Balaban J connectivity index is 1.33. The molecule has 0 bridgehead atoms. The Labute approximate surface area is 165 Å². The van der Waals surface area contributed by atoms with Crippen LogP contribution in [0.5, 0.6) is 11.5 Å². The second-order valence-electron chi connectivity index (χ2n) is 7.11. The summed E-state index contributed by atoms with van der Waals surface area (Å²) in [7, 11) is 0. The van der Waals surface area contributed by atoms with Gasteiger partial charge in [0.25, 0.3) is 5.91 Å². The highest BCUT2D eigenvalue weighted by Gasteiger charge is 2.20. The number of pyridine rings is 1. The Morgan fingerprint density at radius 3 is 2.75 bits per heavy atom. The van der Waals surface area contributed by atoms with E-state index in [1.165, 1.54) is 5.56 Å². The van der Waals surface area contributed by atoms with Gasteiger partial charge in [-0.2, -0.15) is 0 Å². The molecule has 2 aliphatic heterocycles. The van der Waals surface area contributed by atoms with Crippen molar-refractivity contribution in [1.29, 1.82) is 0 Å². The topological polar surface area (TPSA) is 66.9 Å². The Kier molecular flexibility index (Phi) is 5.62. The number of amides is 1. The highest BCUT2D eigenvalue weighted by atomic mass is 16.7. The zero-order valence-corrected chi connectivity index (χ0v) is 16.2. The molecule has 2 aromatic rings. The maximum absolute atomic E-state index is 12.2. The second-order valence-corrected chi connectivity index (χ2v) is 7.11. The summed E-state index contributed by atoms with van der Waals surface area (Å²) in [6.07, 6.45) is 2.63. The molecular weight excluding hydrogens is 356 g/mol. The van der Waals surface area contributed by atoms with Crippen LogP contribution in [0.25, 0.3) is 0 Å². The molecule has 7 heteroatoms. The summed E-state index contributed by atoms with van der Waals surface area (Å²) >= 11 is 0. The number of hydrogen-bond donors (Lipinski definition) is 1. The molecule has 0 unspecified atom stereocenters. The number of piperazine rings is 1. The third kappa shape index (κ3) is 4.20. The van der Waals surface area contributed by atoms with Crippen molar-refractivity contribution >= 4 is 11.6 Å². The number of hydrogen-bond acceptors (Lipinski definition) is 6. The summed E-state index contributed by atoms with van der Waals surface area (Å²) in [4.78, 5) is 21.1. The maximum Gasteiger partial charge on any atom is 0.269 e. The Bertz CT molecular complexity index is 834. The lowest BCUT2D eigenvalue weighted by atomic mass is 10.1. The van der Waals surface area contributed by atoms with Gasteiger partial charge in [0, 0.05) is 51.2 Å². The quantitative estimate of drug-likeness (QED) is 0.827. The molecule has 1 aromatic heterocycles. The average Bonchev–Trinajstić information content (AvgIpc) is 3.20. The predicted octanol–water partition coefficient (Wildman–Crippen LogP) is 2.27. The van der Waals surface area contributed by atoms with Gasteiger partial charge in [-0.15, -0.1) is 0 Å². The van der Waals surface area contributed by atoms with Gasteiger partial charge in [0.1, 0.15) is 5.69 Å². The lowest BCUT2D eigenvalue weighted by molar-refractivity contribution is 0.0948. The molecule has 1 amide bonds. The Hall–Kier alpha value is -2.80. The van der Waals surface area contributed by atoms with Crippen LogP contribution in [0.4, 0.5) is 5.69 Å². The predicted molar refractivity (Wildman–Crippen MR) is 107 cm³/mol. The number of benzene rings is 1. The van der Waals surface area contributed by atoms with Gasteiger partial charge in [0.15, 0.2) is 11.5 Å². The summed E-state index contributed by atoms with van der Waals surface area (Å²) in [5, 5.41) is 2.88. The maximum atomic E-state index is 12.2. The molecule has 28 heavy (non-hydrogen) atoms. The first-order valence-electron chi connectivity index (χ1n) is 9.83. The highest BCUT2D eigenvalue weighted by molar-refractivity contribution is 5.93. The molecule has 2 aliphatic rings. The van der Waals surface area contributed by atoms with Crippen LogP contribution in [-0.2, 0) is 6.54 Å². The number of anilines is 1. The number of aromatic nitrogens is 1. The van der Waals surface area contributed by atoms with Crippen LogP contribution in [0, 0.1) is 0 Å². The second kappa shape index (κ2) is 8.48. The van der Waals surface area contributed by atoms with Crippen LogP contribution >= 0.6 is 0 Å². The molecule has 1 saturated heterocycles. The van der Waals surface area contributed by atoms with E-state index in [9.17, 15) is 4.79 Å². The van der Waals surface area contributed by atoms with Crippen LogP contribution in [0.15, 0.2) is 36.5 Å². The molecule has 1 fully saturated rings. The first kappa shape index (κ1) is 18.6. The molecule has 0 aliphatic carbocycles. The summed E-state index contributed by atoms with van der Waals surface area (Å²) < 4.78 is 10.8. The van der Waals surface area contributed by atoms with Crippen LogP contribution in [0.3, 0.4) is 0 Å². The number of carbonyl (C=O) groups excluding carboxylic acids is 1. The summed E-state index contributed by atoms with van der Waals surface area (Å²) in [6.45, 7) is 7.68. The minimum atomic E-state index is -0.106. The molecule has 0 atom stereocenters. The van der Waals surface area contributed by atoms with E-state index in [-0.39, 0.29) is 5.91 Å². The number of nitrogens with one attached hydrogen (secondary N) is 1. The van der Waals surface area contributed by atoms with Crippen molar-refractivity contribution < 1.29 is 14.3 Å². The van der Waals surface area contributed by atoms with Gasteiger partial charge in [0.2, 0.25) is 6.79 Å². The van der Waals surface area contributed by atoms with Gasteiger partial charge in [0.05, 0.1) is 0 Å². The van der Waals surface area contributed by atoms with E-state index in [0.29, 0.717) is 19.0 Å². The fraction of sp³-hybridized carbons (Fsp3) is 0.429. The van der Waals surface area contributed by atoms with Crippen molar-refractivity contribution in [1.82, 2.24) is 15.2 Å². The fourth-order valence-electron chi connectivity index (χ4n) is 3.53. The largest absolute Gasteiger partial charge is 0.454 e. The summed E-state index contributed by atoms with van der Waals surface area (Å²) in [5.41, 5.74) is 2.77. The van der Waals surface area contributed by atoms with Crippen LogP contribution < -0.4 is 19.7 Å². The molecular formula is C21H26N4O3. The molecule has 148 valence electrons. The summed E-state index contributed by atoms with van der Waals surface area (Å²) in [5.74, 6) is 1.55. The van der Waals surface area contributed by atoms with E-state index < -0.39 is 0 Å². The van der Waals surface area contributed by atoms with E-state index in [0.717, 1.165) is 56.3 Å². The van der Waals surface area contributed by atoms with E-state index >= 15 is 0 Å². The number of ether oxygens (including phenoxy) is 2. The first-order valence-corrected chi connectivity index (χ1v) is 9.83. The molecule has 3 heterocycles. The summed E-state index contributed by atoms with van der Waals surface area (Å²) in [6, 6.07) is 10.0. The SMILES string of the molecule is CCCNC(=O)c1cc(N2CCN(Cc3ccc4c(c3)OCO4)CC2)ccn1. The zero-order valence-electron chi connectivity index (χ0n) is 16.2. The molecule has 4 rings (SSSR count). The Morgan fingerprint density at radius 1 is 1.11 bits per heavy atom. The van der Waals surface area contributed by atoms with Gasteiger partial charge in [-0.25, -0.2) is 0 Å². The molecule has 1 N–H and O–H groups in total. The van der Waals surface area contributed by atoms with Crippen molar-refractivity contribution in [2.75, 3.05) is 44.4 Å². The molecule has 0 saturated carbocycles. The van der Waals surface area contributed by atoms with Crippen LogP contribution in [0.1, 0.15) is 29.4 Å². The number of fused-ring (bicyclic) bond motifs is 1. The third-order valence-electron chi connectivity index (χ3n) is 5.09. The zero-order chi connectivity index (χ0) is 19.3. The van der Waals surface area contributed by atoms with Crippen molar-refractivity contribution in [3.8, 4) is 11.5 Å². The van der Waals surface area contributed by atoms with Gasteiger partial charge < -0.3 is 19.7 Å². The minimum absolute atomic E-state index is 0.106. The molecule has 0 spiro atoms.